The second-order valence-electron chi connectivity index (χ2n) is 1.40. The van der Waals surface area contributed by atoms with Gasteiger partial charge in [-0.2, -0.15) is 0 Å². The predicted molar refractivity (Wildman–Crippen MR) is 30.7 cm³/mol. The van der Waals surface area contributed by atoms with Crippen LogP contribution < -0.4 is 0 Å². The first-order valence-electron chi connectivity index (χ1n) is 2.01. The molecule has 0 aliphatic carbocycles. The molecule has 0 saturated carbocycles. The van der Waals surface area contributed by atoms with E-state index in [1.165, 1.54) is 19.9 Å². The van der Waals surface area contributed by atoms with Crippen molar-refractivity contribution >= 4 is 5.78 Å². The van der Waals surface area contributed by atoms with Gasteiger partial charge in [0.05, 0.1) is 5.76 Å². The monoisotopic (exact) mass is 208 g/mol. The van der Waals surface area contributed by atoms with E-state index in [1.54, 1.807) is 0 Å². The van der Waals surface area contributed by atoms with Crippen molar-refractivity contribution in [3.05, 3.63) is 11.8 Å². The molecule has 0 aromatic rings. The molecule has 0 aliphatic rings. The molecule has 0 bridgehead atoms. The summed E-state index contributed by atoms with van der Waals surface area (Å²) in [4.78, 5) is 10.0. The van der Waals surface area contributed by atoms with Gasteiger partial charge in [-0.1, -0.05) is 0 Å². The molecule has 0 fully saturated rings. The summed E-state index contributed by atoms with van der Waals surface area (Å²) in [5.41, 5.74) is 0. The predicted octanol–water partition coefficient (Wildman–Crippen LogP) is 0.210. The fourth-order valence-corrected chi connectivity index (χ4v) is 0.294. The Bertz CT molecular complexity index is 105. The number of hydrogen-bond donors (Lipinski definition) is 1. The zero-order chi connectivity index (χ0) is 5.86. The number of allylic oxidation sites excluding steroid dienone is 2. The van der Waals surface area contributed by atoms with Crippen molar-refractivity contribution in [2.75, 3.05) is 0 Å². The van der Waals surface area contributed by atoms with Gasteiger partial charge >= 0.3 is 0 Å². The molecule has 0 saturated heterocycles. The van der Waals surface area contributed by atoms with Gasteiger partial charge < -0.3 is 10.6 Å². The molecule has 3 N–H and O–H groups in total. The molecule has 4 heteroatoms. The molecule has 3 nitrogen and oxygen atoms in total. The minimum Gasteiger partial charge on any atom is -0.512 e. The number of hydrogen-bond acceptors (Lipinski definition) is 2. The average Bonchev–Trinajstić information content (AvgIpc) is 1.27. The smallest absolute Gasteiger partial charge is 0.155 e. The summed E-state index contributed by atoms with van der Waals surface area (Å²) in [5.74, 6) is -0.0625. The first-order chi connectivity index (χ1) is 3.13. The molecule has 0 spiro atoms. The molecular weight excluding hydrogens is 199 g/mol. The third-order valence-corrected chi connectivity index (χ3v) is 0.412. The molecule has 0 heterocycles. The Labute approximate surface area is 73.2 Å². The number of aliphatic hydroxyl groups is 1. The molecular formula is C5H10O3Zr. The van der Waals surface area contributed by atoms with Gasteiger partial charge in [-0.3, -0.25) is 4.79 Å². The van der Waals surface area contributed by atoms with Crippen LogP contribution in [0.2, 0.25) is 0 Å². The summed E-state index contributed by atoms with van der Waals surface area (Å²) in [6.07, 6.45) is 1.17. The van der Waals surface area contributed by atoms with E-state index >= 15 is 0 Å². The summed E-state index contributed by atoms with van der Waals surface area (Å²) in [5, 5.41) is 8.36. The van der Waals surface area contributed by atoms with Gasteiger partial charge in [-0.15, -0.1) is 0 Å². The minimum absolute atomic E-state index is 0. The van der Waals surface area contributed by atoms with Crippen molar-refractivity contribution in [3.8, 4) is 0 Å². The SMILES string of the molecule is CC(=O)/C=C(/C)O.O.[Zr]. The molecule has 0 unspecified atom stereocenters. The Morgan fingerprint density at radius 1 is 1.44 bits per heavy atom. The average molecular weight is 209 g/mol. The second-order valence-corrected chi connectivity index (χ2v) is 1.40. The van der Waals surface area contributed by atoms with E-state index in [0.29, 0.717) is 0 Å². The summed E-state index contributed by atoms with van der Waals surface area (Å²) >= 11 is 0. The minimum atomic E-state index is -0.125. The molecule has 9 heavy (non-hydrogen) atoms. The summed E-state index contributed by atoms with van der Waals surface area (Å²) in [7, 11) is 0. The van der Waals surface area contributed by atoms with E-state index < -0.39 is 0 Å². The van der Waals surface area contributed by atoms with Crippen molar-refractivity contribution in [2.45, 2.75) is 13.8 Å². The van der Waals surface area contributed by atoms with Gasteiger partial charge in [-0.25, -0.2) is 0 Å². The van der Waals surface area contributed by atoms with E-state index in [4.69, 9.17) is 5.11 Å². The first-order valence-corrected chi connectivity index (χ1v) is 2.01. The van der Waals surface area contributed by atoms with E-state index in [9.17, 15) is 4.79 Å². The Hall–Kier alpha value is 0.0531. The zero-order valence-electron chi connectivity index (χ0n) is 5.43. The molecule has 0 amide bonds. The summed E-state index contributed by atoms with van der Waals surface area (Å²) in [6, 6.07) is 0. The number of rotatable bonds is 1. The van der Waals surface area contributed by atoms with Crippen molar-refractivity contribution in [2.24, 2.45) is 0 Å². The summed E-state index contributed by atoms with van der Waals surface area (Å²) < 4.78 is 0. The van der Waals surface area contributed by atoms with Gasteiger partial charge in [0.1, 0.15) is 0 Å². The standard InChI is InChI=1S/C5H8O2.H2O.Zr/c1-4(6)3-5(2)7;;/h3,6H,1-2H3;1H2;/b4-3-;;. The number of aliphatic hydroxyl groups excluding tert-OH is 1. The number of ketones is 1. The van der Waals surface area contributed by atoms with Crippen molar-refractivity contribution in [3.63, 3.8) is 0 Å². The van der Waals surface area contributed by atoms with Gasteiger partial charge in [0.15, 0.2) is 5.78 Å². The largest absolute Gasteiger partial charge is 0.512 e. The first kappa shape index (κ1) is 16.0. The Balaban J connectivity index is -0.000000180. The third kappa shape index (κ3) is 18.0. The van der Waals surface area contributed by atoms with Crippen LogP contribution in [0.3, 0.4) is 0 Å². The van der Waals surface area contributed by atoms with E-state index in [2.05, 4.69) is 0 Å². The van der Waals surface area contributed by atoms with Crippen LogP contribution in [0.5, 0.6) is 0 Å². The number of carbonyl (C=O) groups is 1. The second kappa shape index (κ2) is 8.05. The molecule has 52 valence electrons. The maximum atomic E-state index is 10.0. The van der Waals surface area contributed by atoms with Crippen LogP contribution in [-0.2, 0) is 31.0 Å². The van der Waals surface area contributed by atoms with Crippen LogP contribution in [0.4, 0.5) is 0 Å². The Morgan fingerprint density at radius 2 is 1.78 bits per heavy atom. The van der Waals surface area contributed by atoms with E-state index in [-0.39, 0.29) is 43.2 Å². The molecule has 0 aromatic carbocycles. The maximum Gasteiger partial charge on any atom is 0.155 e. The van der Waals surface area contributed by atoms with Crippen LogP contribution >= 0.6 is 0 Å². The third-order valence-electron chi connectivity index (χ3n) is 0.412. The molecule has 0 radical (unpaired) electrons. The van der Waals surface area contributed by atoms with Crippen molar-refractivity contribution < 1.29 is 41.6 Å². The Morgan fingerprint density at radius 3 is 1.78 bits per heavy atom. The molecule has 0 atom stereocenters. The van der Waals surface area contributed by atoms with Crippen molar-refractivity contribution in [1.82, 2.24) is 0 Å². The topological polar surface area (TPSA) is 68.8 Å². The molecule has 0 aromatic heterocycles. The van der Waals surface area contributed by atoms with Crippen LogP contribution in [0, 0.1) is 0 Å². The fourth-order valence-electron chi connectivity index (χ4n) is 0.294. The normalized spacial score (nSPS) is 8.89. The van der Waals surface area contributed by atoms with Crippen molar-refractivity contribution in [1.29, 1.82) is 0 Å². The van der Waals surface area contributed by atoms with Gasteiger partial charge in [0.25, 0.3) is 0 Å². The van der Waals surface area contributed by atoms with E-state index in [1.807, 2.05) is 0 Å². The molecule has 0 aliphatic heterocycles. The van der Waals surface area contributed by atoms with Gasteiger partial charge in [0, 0.05) is 32.3 Å². The van der Waals surface area contributed by atoms with E-state index in [0.717, 1.165) is 0 Å². The van der Waals surface area contributed by atoms with Crippen LogP contribution in [-0.4, -0.2) is 16.4 Å². The maximum absolute atomic E-state index is 10.0. The van der Waals surface area contributed by atoms with Crippen LogP contribution in [0.25, 0.3) is 0 Å². The van der Waals surface area contributed by atoms with Crippen LogP contribution in [0.1, 0.15) is 13.8 Å². The van der Waals surface area contributed by atoms with Crippen LogP contribution in [0.15, 0.2) is 11.8 Å². The van der Waals surface area contributed by atoms with Gasteiger partial charge in [-0.05, 0) is 13.8 Å². The number of carbonyl (C=O) groups excluding carboxylic acids is 1. The zero-order valence-corrected chi connectivity index (χ0v) is 7.89. The summed E-state index contributed by atoms with van der Waals surface area (Å²) in [6.45, 7) is 2.85. The molecule has 0 rings (SSSR count). The quantitative estimate of drug-likeness (QED) is 0.495. The van der Waals surface area contributed by atoms with Gasteiger partial charge in [0.2, 0.25) is 0 Å². The fraction of sp³-hybridized carbons (Fsp3) is 0.400. The Kier molecular flexibility index (Phi) is 14.3.